The number of alkyl halides is 4. The minimum atomic E-state index is -4.29. The lowest BCUT2D eigenvalue weighted by molar-refractivity contribution is -0.155. The first-order valence-electron chi connectivity index (χ1n) is 7.13. The number of dihydropyridines is 1. The van der Waals surface area contributed by atoms with E-state index in [-0.39, 0.29) is 25.9 Å². The predicted molar refractivity (Wildman–Crippen MR) is 72.5 cm³/mol. The summed E-state index contributed by atoms with van der Waals surface area (Å²) in [6, 6.07) is -1.19. The van der Waals surface area contributed by atoms with Crippen LogP contribution in [-0.2, 0) is 9.53 Å². The maximum absolute atomic E-state index is 14.9. The fourth-order valence-electron chi connectivity index (χ4n) is 3.06. The summed E-state index contributed by atoms with van der Waals surface area (Å²) in [5, 5.41) is 0. The second kappa shape index (κ2) is 6.54. The molecule has 2 rings (SSSR count). The maximum Gasteiger partial charge on any atom is 0.401 e. The Morgan fingerprint density at radius 2 is 2.04 bits per heavy atom. The molecule has 0 aromatic rings. The van der Waals surface area contributed by atoms with Gasteiger partial charge in [-0.15, -0.1) is 0 Å². The van der Waals surface area contributed by atoms with Gasteiger partial charge in [0.25, 0.3) is 5.67 Å². The van der Waals surface area contributed by atoms with Gasteiger partial charge in [-0.25, -0.2) is 13.6 Å². The third-order valence-corrected chi connectivity index (χ3v) is 4.12. The minimum Gasteiger partial charge on any atom is -0.466 e. The summed E-state index contributed by atoms with van der Waals surface area (Å²) in [6.45, 7) is -0.806. The Balaban J connectivity index is 2.07. The van der Waals surface area contributed by atoms with Crippen LogP contribution in [0.1, 0.15) is 12.8 Å². The molecule has 0 aliphatic carbocycles. The van der Waals surface area contributed by atoms with E-state index in [2.05, 4.69) is 9.73 Å². The number of carbonyl (C=O) groups excluding carboxylic acids is 1. The molecule has 2 unspecified atom stereocenters. The van der Waals surface area contributed by atoms with Crippen LogP contribution in [0.2, 0.25) is 0 Å². The number of hydrogen-bond donors (Lipinski definition) is 0. The number of rotatable bonds is 3. The van der Waals surface area contributed by atoms with Crippen molar-refractivity contribution in [2.45, 2.75) is 30.7 Å². The molecule has 130 valence electrons. The van der Waals surface area contributed by atoms with Crippen LogP contribution in [0.3, 0.4) is 0 Å². The fraction of sp³-hybridized carbons (Fsp3) is 0.714. The molecule has 2 aliphatic rings. The number of carbonyl (C=O) groups is 1. The average molecular weight is 340 g/mol. The average Bonchev–Trinajstić information content (AvgIpc) is 2.46. The molecule has 9 heteroatoms. The van der Waals surface area contributed by atoms with Gasteiger partial charge < -0.3 is 4.74 Å². The second-order valence-corrected chi connectivity index (χ2v) is 5.74. The third-order valence-electron chi connectivity index (χ3n) is 4.12. The summed E-state index contributed by atoms with van der Waals surface area (Å²) >= 11 is 0. The molecule has 2 aliphatic heterocycles. The van der Waals surface area contributed by atoms with Crippen LogP contribution in [0.5, 0.6) is 0 Å². The number of esters is 1. The van der Waals surface area contributed by atoms with E-state index in [1.807, 2.05) is 0 Å². The Hall–Kier alpha value is -1.51. The SMILES string of the molecule is COC(=O)C1(F)C=C(F)C=NC1C1CCN(CC(F)(F)F)CC1. The Bertz CT molecular complexity index is 512. The van der Waals surface area contributed by atoms with Crippen molar-refractivity contribution < 1.29 is 31.5 Å². The number of hydrogen-bond acceptors (Lipinski definition) is 4. The normalized spacial score (nSPS) is 30.2. The van der Waals surface area contributed by atoms with Gasteiger partial charge in [0.1, 0.15) is 11.9 Å². The number of nitrogens with zero attached hydrogens (tertiary/aromatic N) is 2. The lowest BCUT2D eigenvalue weighted by Crippen LogP contribution is -2.52. The van der Waals surface area contributed by atoms with Gasteiger partial charge in [0.15, 0.2) is 0 Å². The fourth-order valence-corrected chi connectivity index (χ4v) is 3.06. The predicted octanol–water partition coefficient (Wildman–Crippen LogP) is 2.45. The summed E-state index contributed by atoms with van der Waals surface area (Å²) in [5.41, 5.74) is -2.73. The van der Waals surface area contributed by atoms with Crippen molar-refractivity contribution in [2.75, 3.05) is 26.7 Å². The van der Waals surface area contributed by atoms with E-state index >= 15 is 0 Å². The van der Waals surface area contributed by atoms with E-state index in [1.54, 1.807) is 0 Å². The molecule has 0 spiro atoms. The van der Waals surface area contributed by atoms with Crippen LogP contribution in [0, 0.1) is 5.92 Å². The Labute approximate surface area is 130 Å². The van der Waals surface area contributed by atoms with Crippen molar-refractivity contribution in [3.05, 3.63) is 11.9 Å². The molecule has 4 nitrogen and oxygen atoms in total. The summed E-state index contributed by atoms with van der Waals surface area (Å²) in [4.78, 5) is 16.7. The minimum absolute atomic E-state index is 0.111. The highest BCUT2D eigenvalue weighted by Gasteiger charge is 2.51. The van der Waals surface area contributed by atoms with Gasteiger partial charge in [0.05, 0.1) is 19.9 Å². The van der Waals surface area contributed by atoms with Gasteiger partial charge in [-0.2, -0.15) is 13.2 Å². The summed E-state index contributed by atoms with van der Waals surface area (Å²) in [6.07, 6.45) is -2.48. The quantitative estimate of drug-likeness (QED) is 0.585. The Morgan fingerprint density at radius 1 is 1.43 bits per heavy atom. The van der Waals surface area contributed by atoms with Gasteiger partial charge in [-0.05, 0) is 31.8 Å². The molecular weight excluding hydrogens is 323 g/mol. The number of halogens is 5. The van der Waals surface area contributed by atoms with E-state index in [9.17, 15) is 26.7 Å². The monoisotopic (exact) mass is 340 g/mol. The summed E-state index contributed by atoms with van der Waals surface area (Å²) in [7, 11) is 0.983. The van der Waals surface area contributed by atoms with Crippen molar-refractivity contribution in [1.82, 2.24) is 4.90 Å². The number of ether oxygens (including phenoxy) is 1. The maximum atomic E-state index is 14.9. The van der Waals surface area contributed by atoms with E-state index in [0.29, 0.717) is 6.08 Å². The van der Waals surface area contributed by atoms with Crippen molar-refractivity contribution >= 4 is 12.2 Å². The molecule has 0 aromatic carbocycles. The standard InChI is InChI=1S/C14H17F5N2O2/c1-23-12(22)13(16)6-10(15)7-20-11(13)9-2-4-21(5-3-9)8-14(17,18)19/h6-7,9,11H,2-5,8H2,1H3. The first-order chi connectivity index (χ1) is 10.7. The highest BCUT2D eigenvalue weighted by Crippen LogP contribution is 2.37. The van der Waals surface area contributed by atoms with Crippen LogP contribution in [0.4, 0.5) is 22.0 Å². The lowest BCUT2D eigenvalue weighted by Gasteiger charge is -2.39. The molecule has 2 atom stereocenters. The summed E-state index contributed by atoms with van der Waals surface area (Å²) < 4.78 is 69.7. The van der Waals surface area contributed by atoms with Gasteiger partial charge >= 0.3 is 12.1 Å². The van der Waals surface area contributed by atoms with E-state index in [0.717, 1.165) is 13.3 Å². The number of likely N-dealkylation sites (tertiary alicyclic amines) is 1. The zero-order chi connectivity index (χ0) is 17.3. The van der Waals surface area contributed by atoms with Crippen LogP contribution in [0.15, 0.2) is 16.9 Å². The first-order valence-corrected chi connectivity index (χ1v) is 7.13. The molecule has 23 heavy (non-hydrogen) atoms. The molecule has 1 fully saturated rings. The van der Waals surface area contributed by atoms with Crippen molar-refractivity contribution in [1.29, 1.82) is 0 Å². The topological polar surface area (TPSA) is 41.9 Å². The zero-order valence-electron chi connectivity index (χ0n) is 12.4. The number of piperidine rings is 1. The van der Waals surface area contributed by atoms with Crippen LogP contribution in [0.25, 0.3) is 0 Å². The molecule has 0 amide bonds. The smallest absolute Gasteiger partial charge is 0.401 e. The molecule has 2 heterocycles. The zero-order valence-corrected chi connectivity index (χ0v) is 12.4. The van der Waals surface area contributed by atoms with Gasteiger partial charge in [-0.1, -0.05) is 0 Å². The largest absolute Gasteiger partial charge is 0.466 e. The molecule has 0 bridgehead atoms. The van der Waals surface area contributed by atoms with Crippen molar-refractivity contribution in [3.8, 4) is 0 Å². The van der Waals surface area contributed by atoms with Crippen LogP contribution in [-0.4, -0.2) is 61.7 Å². The highest BCUT2D eigenvalue weighted by molar-refractivity contribution is 5.88. The molecule has 0 radical (unpaired) electrons. The lowest BCUT2D eigenvalue weighted by atomic mass is 9.79. The first kappa shape index (κ1) is 17.8. The number of allylic oxidation sites excluding steroid dienone is 1. The molecule has 0 aromatic heterocycles. The third kappa shape index (κ3) is 4.07. The van der Waals surface area contributed by atoms with Gasteiger partial charge in [0, 0.05) is 6.08 Å². The van der Waals surface area contributed by atoms with Crippen LogP contribution >= 0.6 is 0 Å². The van der Waals surface area contributed by atoms with Crippen LogP contribution < -0.4 is 0 Å². The number of aliphatic imine (C=N–C) groups is 1. The van der Waals surface area contributed by atoms with Gasteiger partial charge in [-0.3, -0.25) is 9.89 Å². The van der Waals surface area contributed by atoms with E-state index in [4.69, 9.17) is 0 Å². The summed E-state index contributed by atoms with van der Waals surface area (Å²) in [5.74, 6) is -2.71. The van der Waals surface area contributed by atoms with E-state index in [1.165, 1.54) is 4.90 Å². The van der Waals surface area contributed by atoms with Crippen molar-refractivity contribution in [2.24, 2.45) is 10.9 Å². The van der Waals surface area contributed by atoms with Gasteiger partial charge in [0.2, 0.25) is 0 Å². The Morgan fingerprint density at radius 3 is 2.57 bits per heavy atom. The molecule has 1 saturated heterocycles. The Kier molecular flexibility index (Phi) is 5.07. The molecule has 0 saturated carbocycles. The van der Waals surface area contributed by atoms with E-state index < -0.39 is 42.1 Å². The molecular formula is C14H17F5N2O2. The number of methoxy groups -OCH3 is 1. The second-order valence-electron chi connectivity index (χ2n) is 5.74. The van der Waals surface area contributed by atoms with Crippen molar-refractivity contribution in [3.63, 3.8) is 0 Å². The molecule has 0 N–H and O–H groups in total. The highest BCUT2D eigenvalue weighted by atomic mass is 19.4.